The second-order valence-electron chi connectivity index (χ2n) is 5.61. The Hall–Kier alpha value is -1.30. The molecule has 0 aliphatic heterocycles. The monoisotopic (exact) mass is 396 g/mol. The van der Waals surface area contributed by atoms with E-state index in [1.54, 1.807) is 0 Å². The summed E-state index contributed by atoms with van der Waals surface area (Å²) in [7, 11) is -3.85. The zero-order valence-corrected chi connectivity index (χ0v) is 15.4. The summed E-state index contributed by atoms with van der Waals surface area (Å²) in [6.07, 6.45) is -1.13. The molecule has 0 saturated heterocycles. The van der Waals surface area contributed by atoms with E-state index in [-0.39, 0.29) is 23.7 Å². The van der Waals surface area contributed by atoms with Crippen LogP contribution in [0.3, 0.4) is 0 Å². The Morgan fingerprint density at radius 3 is 2.44 bits per heavy atom. The van der Waals surface area contributed by atoms with E-state index in [9.17, 15) is 21.6 Å². The lowest BCUT2D eigenvalue weighted by molar-refractivity contribution is -0.137. The average Bonchev–Trinajstić information content (AvgIpc) is 2.51. The molecule has 0 fully saturated rings. The van der Waals surface area contributed by atoms with Gasteiger partial charge < -0.3 is 0 Å². The molecule has 0 amide bonds. The predicted octanol–water partition coefficient (Wildman–Crippen LogP) is 4.59. The number of hydrogen-bond donors (Lipinski definition) is 0. The summed E-state index contributed by atoms with van der Waals surface area (Å²) in [5, 5.41) is 8.58. The number of nitrogens with zero attached hydrogens (tertiary/aromatic N) is 2. The highest BCUT2D eigenvalue weighted by molar-refractivity contribution is 7.88. The zero-order chi connectivity index (χ0) is 19.1. The van der Waals surface area contributed by atoms with Gasteiger partial charge in [-0.3, -0.25) is 0 Å². The molecule has 0 spiro atoms. The van der Waals surface area contributed by atoms with Crippen molar-refractivity contribution < 1.29 is 21.6 Å². The zero-order valence-electron chi connectivity index (χ0n) is 13.8. The van der Waals surface area contributed by atoms with Gasteiger partial charge >= 0.3 is 6.18 Å². The van der Waals surface area contributed by atoms with Crippen LogP contribution in [0, 0.1) is 11.3 Å². The Bertz CT molecular complexity index is 715. The molecule has 0 saturated carbocycles. The highest BCUT2D eigenvalue weighted by Crippen LogP contribution is 2.32. The molecule has 1 aromatic rings. The van der Waals surface area contributed by atoms with Crippen molar-refractivity contribution in [3.8, 4) is 6.07 Å². The topological polar surface area (TPSA) is 61.2 Å². The molecule has 0 aliphatic rings. The standard InChI is InChI=1S/C16H20ClF3N2O2S/c1-2-3-4-5-9-22(10-8-21)25(23,24)12-13-6-7-14(11-15(13)17)16(18,19)20/h6-7,11H,2-5,9-10,12H2,1H3. The first-order chi connectivity index (χ1) is 11.6. The molecule has 0 unspecified atom stereocenters. The lowest BCUT2D eigenvalue weighted by atomic mass is 10.1. The first kappa shape index (κ1) is 21.7. The van der Waals surface area contributed by atoms with Gasteiger partial charge in [-0.2, -0.15) is 22.7 Å². The normalized spacial score (nSPS) is 12.4. The maximum Gasteiger partial charge on any atom is 0.416 e. The minimum atomic E-state index is -4.55. The van der Waals surface area contributed by atoms with E-state index >= 15 is 0 Å². The minimum Gasteiger partial charge on any atom is -0.212 e. The van der Waals surface area contributed by atoms with Crippen LogP contribution in [0.4, 0.5) is 13.2 Å². The molecule has 140 valence electrons. The van der Waals surface area contributed by atoms with Gasteiger partial charge in [0.15, 0.2) is 0 Å². The van der Waals surface area contributed by atoms with Crippen LogP contribution < -0.4 is 0 Å². The fourth-order valence-corrected chi connectivity index (χ4v) is 4.05. The Balaban J connectivity index is 2.91. The Labute approximate surface area is 151 Å². The second-order valence-corrected chi connectivity index (χ2v) is 7.99. The van der Waals surface area contributed by atoms with Crippen LogP contribution >= 0.6 is 11.6 Å². The highest BCUT2D eigenvalue weighted by Gasteiger charge is 2.31. The number of alkyl halides is 3. The van der Waals surface area contributed by atoms with Crippen LogP contribution in [0.2, 0.25) is 5.02 Å². The third-order valence-electron chi connectivity index (χ3n) is 3.62. The summed E-state index contributed by atoms with van der Waals surface area (Å²) in [6, 6.07) is 4.38. The van der Waals surface area contributed by atoms with Crippen molar-refractivity contribution in [2.75, 3.05) is 13.1 Å². The van der Waals surface area contributed by atoms with Gasteiger partial charge in [0.25, 0.3) is 0 Å². The summed E-state index contributed by atoms with van der Waals surface area (Å²) in [5.74, 6) is -0.542. The Morgan fingerprint density at radius 2 is 1.92 bits per heavy atom. The lowest BCUT2D eigenvalue weighted by Crippen LogP contribution is -2.33. The van der Waals surface area contributed by atoms with E-state index < -0.39 is 27.5 Å². The summed E-state index contributed by atoms with van der Waals surface area (Å²) in [6.45, 7) is 1.93. The van der Waals surface area contributed by atoms with Crippen molar-refractivity contribution in [3.63, 3.8) is 0 Å². The molecule has 0 bridgehead atoms. The number of rotatable bonds is 9. The van der Waals surface area contributed by atoms with Crippen molar-refractivity contribution in [1.82, 2.24) is 4.31 Å². The van der Waals surface area contributed by atoms with Gasteiger partial charge in [0, 0.05) is 11.6 Å². The molecule has 0 heterocycles. The van der Waals surface area contributed by atoms with Crippen molar-refractivity contribution in [1.29, 1.82) is 5.26 Å². The van der Waals surface area contributed by atoms with E-state index in [0.29, 0.717) is 12.5 Å². The molecule has 1 rings (SSSR count). The third-order valence-corrected chi connectivity index (χ3v) is 5.75. The van der Waals surface area contributed by atoms with Crippen molar-refractivity contribution in [2.45, 2.75) is 44.5 Å². The molecular weight excluding hydrogens is 377 g/mol. The molecular formula is C16H20ClF3N2O2S. The fourth-order valence-electron chi connectivity index (χ4n) is 2.24. The van der Waals surface area contributed by atoms with E-state index in [4.69, 9.17) is 16.9 Å². The van der Waals surface area contributed by atoms with Crippen molar-refractivity contribution >= 4 is 21.6 Å². The van der Waals surface area contributed by atoms with Crippen molar-refractivity contribution in [3.05, 3.63) is 34.3 Å². The molecule has 1 aromatic carbocycles. The summed E-state index contributed by atoms with van der Waals surface area (Å²) < 4.78 is 64.0. The molecule has 0 radical (unpaired) electrons. The molecule has 0 atom stereocenters. The molecule has 0 N–H and O–H groups in total. The highest BCUT2D eigenvalue weighted by atomic mass is 35.5. The fraction of sp³-hybridized carbons (Fsp3) is 0.562. The van der Waals surface area contributed by atoms with Crippen LogP contribution in [-0.4, -0.2) is 25.8 Å². The molecule has 0 aromatic heterocycles. The first-order valence-corrected chi connectivity index (χ1v) is 9.81. The van der Waals surface area contributed by atoms with Crippen LogP contribution in [0.25, 0.3) is 0 Å². The smallest absolute Gasteiger partial charge is 0.212 e. The van der Waals surface area contributed by atoms with E-state index in [1.165, 1.54) is 0 Å². The van der Waals surface area contributed by atoms with Gasteiger partial charge in [-0.1, -0.05) is 43.9 Å². The van der Waals surface area contributed by atoms with Crippen LogP contribution in [-0.2, 0) is 22.0 Å². The second kappa shape index (κ2) is 9.41. The summed E-state index contributed by atoms with van der Waals surface area (Å²) >= 11 is 5.82. The van der Waals surface area contributed by atoms with Gasteiger partial charge in [0.1, 0.15) is 6.54 Å². The number of hydrogen-bond acceptors (Lipinski definition) is 3. The van der Waals surface area contributed by atoms with Gasteiger partial charge in [-0.05, 0) is 24.1 Å². The van der Waals surface area contributed by atoms with E-state index in [0.717, 1.165) is 35.7 Å². The number of unbranched alkanes of at least 4 members (excludes halogenated alkanes) is 3. The van der Waals surface area contributed by atoms with Gasteiger partial charge in [-0.25, -0.2) is 8.42 Å². The summed E-state index contributed by atoms with van der Waals surface area (Å²) in [4.78, 5) is 0. The number of benzene rings is 1. The lowest BCUT2D eigenvalue weighted by Gasteiger charge is -2.20. The van der Waals surface area contributed by atoms with Gasteiger partial charge in [-0.15, -0.1) is 0 Å². The quantitative estimate of drug-likeness (QED) is 0.453. The predicted molar refractivity (Wildman–Crippen MR) is 90.4 cm³/mol. The maximum absolute atomic E-state index is 12.6. The van der Waals surface area contributed by atoms with Crippen molar-refractivity contribution in [2.24, 2.45) is 0 Å². The maximum atomic E-state index is 12.6. The number of nitriles is 1. The Morgan fingerprint density at radius 1 is 1.24 bits per heavy atom. The molecule has 4 nitrogen and oxygen atoms in total. The molecule has 25 heavy (non-hydrogen) atoms. The van der Waals surface area contributed by atoms with Gasteiger partial charge in [0.05, 0.1) is 17.4 Å². The third kappa shape index (κ3) is 6.84. The van der Waals surface area contributed by atoms with Gasteiger partial charge in [0.2, 0.25) is 10.0 Å². The van der Waals surface area contributed by atoms with E-state index in [1.807, 2.05) is 13.0 Å². The first-order valence-electron chi connectivity index (χ1n) is 7.82. The van der Waals surface area contributed by atoms with Crippen LogP contribution in [0.15, 0.2) is 18.2 Å². The Kier molecular flexibility index (Phi) is 8.19. The van der Waals surface area contributed by atoms with Crippen LogP contribution in [0.5, 0.6) is 0 Å². The number of sulfonamides is 1. The van der Waals surface area contributed by atoms with Crippen LogP contribution in [0.1, 0.15) is 43.7 Å². The molecule has 0 aliphatic carbocycles. The number of halogens is 4. The average molecular weight is 397 g/mol. The SMILES string of the molecule is CCCCCCN(CC#N)S(=O)(=O)Cc1ccc(C(F)(F)F)cc1Cl. The summed E-state index contributed by atoms with van der Waals surface area (Å²) in [5.41, 5.74) is -0.863. The largest absolute Gasteiger partial charge is 0.416 e. The van der Waals surface area contributed by atoms with E-state index in [2.05, 4.69) is 0 Å². The molecule has 9 heteroatoms. The minimum absolute atomic E-state index is 0.0752.